The maximum Gasteiger partial charge on any atom is 0.261 e. The molecule has 0 saturated carbocycles. The van der Waals surface area contributed by atoms with Gasteiger partial charge in [-0.2, -0.15) is 0 Å². The predicted molar refractivity (Wildman–Crippen MR) is 105 cm³/mol. The highest BCUT2D eigenvalue weighted by Crippen LogP contribution is 2.08. The van der Waals surface area contributed by atoms with E-state index in [4.69, 9.17) is 9.47 Å². The third-order valence-corrected chi connectivity index (χ3v) is 4.70. The first kappa shape index (κ1) is 20.7. The lowest BCUT2D eigenvalue weighted by molar-refractivity contribution is 0.0420. The van der Waals surface area contributed by atoms with Crippen molar-refractivity contribution in [3.8, 4) is 0 Å². The van der Waals surface area contributed by atoms with Crippen molar-refractivity contribution in [1.82, 2.24) is 16.0 Å². The molecule has 1 aromatic heterocycles. The molecule has 1 aliphatic rings. The number of aliphatic imine (C=N–C) groups is 1. The Balaban J connectivity index is 1.54. The van der Waals surface area contributed by atoms with E-state index in [2.05, 4.69) is 20.9 Å². The van der Waals surface area contributed by atoms with Gasteiger partial charge in [0.2, 0.25) is 0 Å². The van der Waals surface area contributed by atoms with Crippen LogP contribution in [0.4, 0.5) is 0 Å². The molecule has 0 bridgehead atoms. The summed E-state index contributed by atoms with van der Waals surface area (Å²) in [4.78, 5) is 17.1. The highest BCUT2D eigenvalue weighted by molar-refractivity contribution is 7.12. The van der Waals surface area contributed by atoms with E-state index in [-0.39, 0.29) is 12.0 Å². The van der Waals surface area contributed by atoms with Crippen LogP contribution in [-0.2, 0) is 9.47 Å². The van der Waals surface area contributed by atoms with Gasteiger partial charge in [0.25, 0.3) is 5.91 Å². The maximum absolute atomic E-state index is 11.8. The third-order valence-electron chi connectivity index (χ3n) is 3.83. The SMILES string of the molecule is CCNC(=NCCCNC(=O)c1cccs1)NCCCOC1CCOC1. The molecule has 1 atom stereocenters. The second kappa shape index (κ2) is 12.7. The smallest absolute Gasteiger partial charge is 0.261 e. The largest absolute Gasteiger partial charge is 0.379 e. The van der Waals surface area contributed by atoms with Gasteiger partial charge >= 0.3 is 0 Å². The Kier molecular flexibility index (Phi) is 10.1. The van der Waals surface area contributed by atoms with E-state index in [1.54, 1.807) is 0 Å². The minimum atomic E-state index is -0.0123. The topological polar surface area (TPSA) is 84.0 Å². The number of nitrogens with one attached hydrogen (secondary N) is 3. The van der Waals surface area contributed by atoms with E-state index < -0.39 is 0 Å². The van der Waals surface area contributed by atoms with Crippen LogP contribution in [0.2, 0.25) is 0 Å². The van der Waals surface area contributed by atoms with E-state index in [1.165, 1.54) is 11.3 Å². The monoisotopic (exact) mass is 382 g/mol. The van der Waals surface area contributed by atoms with Gasteiger partial charge in [-0.15, -0.1) is 11.3 Å². The van der Waals surface area contributed by atoms with Gasteiger partial charge in [0.15, 0.2) is 5.96 Å². The van der Waals surface area contributed by atoms with Crippen molar-refractivity contribution in [2.45, 2.75) is 32.3 Å². The summed E-state index contributed by atoms with van der Waals surface area (Å²) in [5.41, 5.74) is 0. The van der Waals surface area contributed by atoms with Crippen LogP contribution in [0.3, 0.4) is 0 Å². The second-order valence-corrected chi connectivity index (χ2v) is 6.93. The number of nitrogens with zero attached hydrogens (tertiary/aromatic N) is 1. The first-order valence-corrected chi connectivity index (χ1v) is 10.2. The molecule has 7 nitrogen and oxygen atoms in total. The fourth-order valence-corrected chi connectivity index (χ4v) is 3.12. The number of thiophene rings is 1. The van der Waals surface area contributed by atoms with Crippen molar-refractivity contribution in [1.29, 1.82) is 0 Å². The van der Waals surface area contributed by atoms with Crippen molar-refractivity contribution in [3.63, 3.8) is 0 Å². The molecule has 8 heteroatoms. The number of rotatable bonds is 11. The zero-order valence-corrected chi connectivity index (χ0v) is 16.3. The van der Waals surface area contributed by atoms with Crippen LogP contribution in [0, 0.1) is 0 Å². The lowest BCUT2D eigenvalue weighted by Crippen LogP contribution is -2.38. The number of hydrogen-bond acceptors (Lipinski definition) is 5. The fraction of sp³-hybridized carbons (Fsp3) is 0.667. The van der Waals surface area contributed by atoms with Gasteiger partial charge in [-0.05, 0) is 37.6 Å². The van der Waals surface area contributed by atoms with Crippen LogP contribution in [0.5, 0.6) is 0 Å². The van der Waals surface area contributed by atoms with Gasteiger partial charge in [0, 0.05) is 39.4 Å². The Hall–Kier alpha value is -1.64. The van der Waals surface area contributed by atoms with Crippen LogP contribution in [-0.4, -0.2) is 64.0 Å². The van der Waals surface area contributed by atoms with E-state index in [0.29, 0.717) is 13.1 Å². The van der Waals surface area contributed by atoms with Crippen molar-refractivity contribution < 1.29 is 14.3 Å². The van der Waals surface area contributed by atoms with Crippen molar-refractivity contribution >= 4 is 23.2 Å². The molecular formula is C18H30N4O3S. The van der Waals surface area contributed by atoms with E-state index in [9.17, 15) is 4.79 Å². The van der Waals surface area contributed by atoms with Crippen molar-refractivity contribution in [2.75, 3.05) is 46.0 Å². The zero-order chi connectivity index (χ0) is 18.5. The molecule has 2 heterocycles. The van der Waals surface area contributed by atoms with Crippen LogP contribution >= 0.6 is 11.3 Å². The Morgan fingerprint density at radius 3 is 2.96 bits per heavy atom. The Morgan fingerprint density at radius 2 is 2.23 bits per heavy atom. The molecule has 26 heavy (non-hydrogen) atoms. The summed E-state index contributed by atoms with van der Waals surface area (Å²) >= 11 is 1.45. The molecule has 2 rings (SSSR count). The van der Waals surface area contributed by atoms with Crippen LogP contribution in [0.25, 0.3) is 0 Å². The van der Waals surface area contributed by atoms with Gasteiger partial charge < -0.3 is 25.4 Å². The molecule has 1 aliphatic heterocycles. The molecular weight excluding hydrogens is 352 g/mol. The van der Waals surface area contributed by atoms with E-state index in [1.807, 2.05) is 24.4 Å². The molecule has 0 aromatic carbocycles. The standard InChI is InChI=1S/C18H30N4O3S/c1-2-19-18(22-10-5-11-25-15-7-12-24-14-15)21-9-4-8-20-17(23)16-6-3-13-26-16/h3,6,13,15H,2,4-5,7-12,14H2,1H3,(H,20,23)(H2,19,21,22). The molecule has 1 fully saturated rings. The van der Waals surface area contributed by atoms with Crippen LogP contribution in [0.1, 0.15) is 35.9 Å². The van der Waals surface area contributed by atoms with Crippen molar-refractivity contribution in [3.05, 3.63) is 22.4 Å². The highest BCUT2D eigenvalue weighted by atomic mass is 32.1. The van der Waals surface area contributed by atoms with Gasteiger partial charge in [-0.25, -0.2) is 0 Å². The molecule has 1 saturated heterocycles. The van der Waals surface area contributed by atoms with Crippen molar-refractivity contribution in [2.24, 2.45) is 4.99 Å². The summed E-state index contributed by atoms with van der Waals surface area (Å²) < 4.78 is 11.0. The first-order valence-electron chi connectivity index (χ1n) is 9.33. The normalized spacial score (nSPS) is 17.3. The summed E-state index contributed by atoms with van der Waals surface area (Å²) in [6.07, 6.45) is 3.00. The molecule has 1 aromatic rings. The zero-order valence-electron chi connectivity index (χ0n) is 15.5. The lowest BCUT2D eigenvalue weighted by Gasteiger charge is -2.13. The molecule has 0 radical (unpaired) electrons. The quantitative estimate of drug-likeness (QED) is 0.308. The number of hydrogen-bond donors (Lipinski definition) is 3. The van der Waals surface area contributed by atoms with Crippen LogP contribution < -0.4 is 16.0 Å². The number of amides is 1. The minimum Gasteiger partial charge on any atom is -0.379 e. The van der Waals surface area contributed by atoms with Gasteiger partial charge in [0.1, 0.15) is 0 Å². The Morgan fingerprint density at radius 1 is 1.35 bits per heavy atom. The number of carbonyl (C=O) groups excluding carboxylic acids is 1. The molecule has 1 amide bonds. The first-order chi connectivity index (χ1) is 12.8. The summed E-state index contributed by atoms with van der Waals surface area (Å²) in [5.74, 6) is 0.794. The molecule has 146 valence electrons. The molecule has 0 spiro atoms. The summed E-state index contributed by atoms with van der Waals surface area (Å²) in [5, 5.41) is 11.4. The minimum absolute atomic E-state index is 0.0123. The average Bonchev–Trinajstić information content (AvgIpc) is 3.34. The second-order valence-electron chi connectivity index (χ2n) is 5.98. The predicted octanol–water partition coefficient (Wildman–Crippen LogP) is 1.62. The van der Waals surface area contributed by atoms with E-state index in [0.717, 1.165) is 63.0 Å². The number of guanidine groups is 1. The Bertz CT molecular complexity index is 531. The molecule has 0 aliphatic carbocycles. The summed E-state index contributed by atoms with van der Waals surface area (Å²) in [7, 11) is 0. The van der Waals surface area contributed by atoms with Gasteiger partial charge in [-0.1, -0.05) is 6.07 Å². The molecule has 3 N–H and O–H groups in total. The van der Waals surface area contributed by atoms with Gasteiger partial charge in [0.05, 0.1) is 17.6 Å². The summed E-state index contributed by atoms with van der Waals surface area (Å²) in [6.45, 7) is 7.23. The number of carbonyl (C=O) groups is 1. The third kappa shape index (κ3) is 8.16. The maximum atomic E-state index is 11.8. The van der Waals surface area contributed by atoms with E-state index >= 15 is 0 Å². The van der Waals surface area contributed by atoms with Crippen LogP contribution in [0.15, 0.2) is 22.5 Å². The molecule has 1 unspecified atom stereocenters. The average molecular weight is 383 g/mol. The lowest BCUT2D eigenvalue weighted by atomic mass is 10.3. The number of ether oxygens (including phenoxy) is 2. The fourth-order valence-electron chi connectivity index (χ4n) is 2.48. The summed E-state index contributed by atoms with van der Waals surface area (Å²) in [6, 6.07) is 3.71. The van der Waals surface area contributed by atoms with Gasteiger partial charge in [-0.3, -0.25) is 9.79 Å². The highest BCUT2D eigenvalue weighted by Gasteiger charge is 2.15. The Labute approximate surface area is 159 Å².